The van der Waals surface area contributed by atoms with Crippen LogP contribution in [0.1, 0.15) is 16.8 Å². The lowest BCUT2D eigenvalue weighted by molar-refractivity contribution is -0.117. The summed E-state index contributed by atoms with van der Waals surface area (Å²) in [6.07, 6.45) is 0.0364. The number of carbonyl (C=O) groups excluding carboxylic acids is 1. The number of carbonyl (C=O) groups is 1. The molecule has 118 valence electrons. The predicted octanol–water partition coefficient (Wildman–Crippen LogP) is 1.36. The summed E-state index contributed by atoms with van der Waals surface area (Å²) < 4.78 is 14.8. The van der Waals surface area contributed by atoms with E-state index in [1.807, 2.05) is 13.8 Å². The van der Waals surface area contributed by atoms with Gasteiger partial charge in [0.05, 0.1) is 17.6 Å². The lowest BCUT2D eigenvalue weighted by Gasteiger charge is -2.31. The number of fused-ring (bicyclic) bond motifs is 1. The quantitative estimate of drug-likeness (QED) is 0.801. The number of H-pyrrole nitrogens is 1. The highest BCUT2D eigenvalue weighted by molar-refractivity contribution is 6.00. The van der Waals surface area contributed by atoms with E-state index in [0.29, 0.717) is 11.3 Å². The van der Waals surface area contributed by atoms with Gasteiger partial charge in [-0.3, -0.25) is 4.79 Å². The SMILES string of the molecule is Cc1[nH]c2c(CC(N)=O)cc(F)c(N3CCNCC3)c2c1C. The number of nitrogens with two attached hydrogens (primary N) is 1. The van der Waals surface area contributed by atoms with E-state index in [1.165, 1.54) is 6.07 Å². The number of aryl methyl sites for hydroxylation is 2. The molecule has 6 heteroatoms. The summed E-state index contributed by atoms with van der Waals surface area (Å²) in [7, 11) is 0. The van der Waals surface area contributed by atoms with E-state index in [-0.39, 0.29) is 12.2 Å². The van der Waals surface area contributed by atoms with Crippen molar-refractivity contribution in [3.8, 4) is 0 Å². The van der Waals surface area contributed by atoms with Crippen molar-refractivity contribution in [3.63, 3.8) is 0 Å². The summed E-state index contributed by atoms with van der Waals surface area (Å²) in [4.78, 5) is 16.6. The van der Waals surface area contributed by atoms with Crippen LogP contribution in [0.3, 0.4) is 0 Å². The highest BCUT2D eigenvalue weighted by Gasteiger charge is 2.23. The third-order valence-corrected chi connectivity index (χ3v) is 4.38. The van der Waals surface area contributed by atoms with Crippen LogP contribution in [0, 0.1) is 19.7 Å². The Hall–Kier alpha value is -2.08. The maximum absolute atomic E-state index is 14.8. The molecule has 1 aromatic carbocycles. The van der Waals surface area contributed by atoms with E-state index in [0.717, 1.165) is 48.3 Å². The predicted molar refractivity (Wildman–Crippen MR) is 85.7 cm³/mol. The minimum absolute atomic E-state index is 0.0364. The normalized spacial score (nSPS) is 15.5. The fraction of sp³-hybridized carbons (Fsp3) is 0.438. The van der Waals surface area contributed by atoms with E-state index in [4.69, 9.17) is 5.73 Å². The summed E-state index contributed by atoms with van der Waals surface area (Å²) >= 11 is 0. The maximum atomic E-state index is 14.8. The lowest BCUT2D eigenvalue weighted by Crippen LogP contribution is -2.44. The number of nitrogens with zero attached hydrogens (tertiary/aromatic N) is 1. The first kappa shape index (κ1) is 14.8. The first-order chi connectivity index (χ1) is 10.5. The third kappa shape index (κ3) is 2.43. The molecule has 0 bridgehead atoms. The molecule has 0 atom stereocenters. The Bertz CT molecular complexity index is 732. The van der Waals surface area contributed by atoms with Crippen LogP contribution in [0.4, 0.5) is 10.1 Å². The molecule has 22 heavy (non-hydrogen) atoms. The molecule has 1 saturated heterocycles. The minimum atomic E-state index is -0.458. The molecule has 0 unspecified atom stereocenters. The second kappa shape index (κ2) is 5.61. The van der Waals surface area contributed by atoms with Crippen LogP contribution in [-0.4, -0.2) is 37.1 Å². The van der Waals surface area contributed by atoms with E-state index < -0.39 is 5.91 Å². The number of nitrogens with one attached hydrogen (secondary N) is 2. The number of aromatic amines is 1. The van der Waals surface area contributed by atoms with Crippen LogP contribution in [0.25, 0.3) is 10.9 Å². The molecule has 1 aliphatic rings. The van der Waals surface area contributed by atoms with Gasteiger partial charge in [-0.25, -0.2) is 4.39 Å². The van der Waals surface area contributed by atoms with Crippen molar-refractivity contribution < 1.29 is 9.18 Å². The van der Waals surface area contributed by atoms with Gasteiger partial charge in [0.2, 0.25) is 5.91 Å². The first-order valence-electron chi connectivity index (χ1n) is 7.53. The van der Waals surface area contributed by atoms with E-state index in [9.17, 15) is 9.18 Å². The molecule has 0 saturated carbocycles. The monoisotopic (exact) mass is 304 g/mol. The van der Waals surface area contributed by atoms with Gasteiger partial charge in [-0.05, 0) is 31.0 Å². The standard InChI is InChI=1S/C16H21FN4O/c1-9-10(2)20-15-11(8-13(18)22)7-12(17)16(14(9)15)21-5-3-19-4-6-21/h7,19-20H,3-6,8H2,1-2H3,(H2,18,22). The molecule has 3 rings (SSSR count). The summed E-state index contributed by atoms with van der Waals surface area (Å²) in [5, 5.41) is 4.15. The number of rotatable bonds is 3. The zero-order chi connectivity index (χ0) is 15.9. The van der Waals surface area contributed by atoms with Crippen LogP contribution < -0.4 is 16.0 Å². The number of piperazine rings is 1. The number of hydrogen-bond donors (Lipinski definition) is 3. The van der Waals surface area contributed by atoms with Gasteiger partial charge in [0.1, 0.15) is 5.82 Å². The molecule has 2 heterocycles. The highest BCUT2D eigenvalue weighted by atomic mass is 19.1. The second-order valence-electron chi connectivity index (χ2n) is 5.87. The number of primary amides is 1. The van der Waals surface area contributed by atoms with Crippen molar-refractivity contribution in [1.82, 2.24) is 10.3 Å². The number of aromatic nitrogens is 1. The average molecular weight is 304 g/mol. The topological polar surface area (TPSA) is 74.2 Å². The van der Waals surface area contributed by atoms with Gasteiger partial charge in [-0.2, -0.15) is 0 Å². The molecule has 5 nitrogen and oxygen atoms in total. The van der Waals surface area contributed by atoms with Gasteiger partial charge in [0, 0.05) is 37.3 Å². The first-order valence-corrected chi connectivity index (χ1v) is 7.53. The van der Waals surface area contributed by atoms with Gasteiger partial charge < -0.3 is 20.9 Å². The van der Waals surface area contributed by atoms with Gasteiger partial charge in [0.15, 0.2) is 0 Å². The van der Waals surface area contributed by atoms with E-state index in [2.05, 4.69) is 15.2 Å². The van der Waals surface area contributed by atoms with Gasteiger partial charge in [-0.1, -0.05) is 0 Å². The minimum Gasteiger partial charge on any atom is -0.369 e. The fourth-order valence-corrected chi connectivity index (χ4v) is 3.19. The van der Waals surface area contributed by atoms with E-state index >= 15 is 0 Å². The largest absolute Gasteiger partial charge is 0.369 e. The van der Waals surface area contributed by atoms with Crippen LogP contribution in [-0.2, 0) is 11.2 Å². The number of amides is 1. The number of benzene rings is 1. The van der Waals surface area contributed by atoms with Crippen molar-refractivity contribution >= 4 is 22.5 Å². The van der Waals surface area contributed by atoms with Gasteiger partial charge in [-0.15, -0.1) is 0 Å². The molecule has 0 spiro atoms. The molecule has 0 radical (unpaired) electrons. The molecular formula is C16H21FN4O. The van der Waals surface area contributed by atoms with Crippen LogP contribution in [0.2, 0.25) is 0 Å². The zero-order valence-corrected chi connectivity index (χ0v) is 12.9. The molecule has 1 amide bonds. The molecular weight excluding hydrogens is 283 g/mol. The van der Waals surface area contributed by atoms with Crippen LogP contribution in [0.5, 0.6) is 0 Å². The maximum Gasteiger partial charge on any atom is 0.221 e. The van der Waals surface area contributed by atoms with Gasteiger partial charge >= 0.3 is 0 Å². The summed E-state index contributed by atoms with van der Waals surface area (Å²) in [6.45, 7) is 7.16. The lowest BCUT2D eigenvalue weighted by atomic mass is 10.0. The zero-order valence-electron chi connectivity index (χ0n) is 12.9. The van der Waals surface area contributed by atoms with Crippen molar-refractivity contribution in [2.24, 2.45) is 5.73 Å². The number of anilines is 1. The summed E-state index contributed by atoms with van der Waals surface area (Å²) in [6, 6.07) is 1.44. The van der Waals surface area contributed by atoms with Crippen molar-refractivity contribution in [2.75, 3.05) is 31.1 Å². The Morgan fingerprint density at radius 1 is 1.36 bits per heavy atom. The molecule has 0 aliphatic carbocycles. The summed E-state index contributed by atoms with van der Waals surface area (Å²) in [5.74, 6) is -0.742. The molecule has 1 aromatic heterocycles. The van der Waals surface area contributed by atoms with E-state index in [1.54, 1.807) is 0 Å². The Balaban J connectivity index is 2.23. The molecule has 1 fully saturated rings. The van der Waals surface area contributed by atoms with Crippen molar-refractivity contribution in [3.05, 3.63) is 28.7 Å². The van der Waals surface area contributed by atoms with Crippen molar-refractivity contribution in [1.29, 1.82) is 0 Å². The van der Waals surface area contributed by atoms with Crippen LogP contribution in [0.15, 0.2) is 6.07 Å². The molecule has 4 N–H and O–H groups in total. The fourth-order valence-electron chi connectivity index (χ4n) is 3.19. The third-order valence-electron chi connectivity index (χ3n) is 4.38. The van der Waals surface area contributed by atoms with Crippen LogP contribution >= 0.6 is 0 Å². The Labute approximate surface area is 128 Å². The Morgan fingerprint density at radius 2 is 2.05 bits per heavy atom. The number of halogens is 1. The molecule has 2 aromatic rings. The van der Waals surface area contributed by atoms with Crippen molar-refractivity contribution in [2.45, 2.75) is 20.3 Å². The second-order valence-corrected chi connectivity index (χ2v) is 5.87. The Kier molecular flexibility index (Phi) is 3.78. The highest BCUT2D eigenvalue weighted by Crippen LogP contribution is 2.36. The average Bonchev–Trinajstić information content (AvgIpc) is 2.76. The summed E-state index contributed by atoms with van der Waals surface area (Å²) in [5.41, 5.74) is 9.38. The number of hydrogen-bond acceptors (Lipinski definition) is 3. The molecule has 1 aliphatic heterocycles. The Morgan fingerprint density at radius 3 is 2.68 bits per heavy atom. The van der Waals surface area contributed by atoms with Gasteiger partial charge in [0.25, 0.3) is 0 Å². The smallest absolute Gasteiger partial charge is 0.221 e.